The largest absolute Gasteiger partial charge is 0.444 e. The van der Waals surface area contributed by atoms with Crippen molar-refractivity contribution in [1.82, 2.24) is 14.7 Å². The number of ether oxygens (including phenoxy) is 1. The summed E-state index contributed by atoms with van der Waals surface area (Å²) in [6.07, 6.45) is 3.78. The van der Waals surface area contributed by atoms with E-state index in [2.05, 4.69) is 44.3 Å². The SMILES string of the molecule is CCc1ccc(NC(=O)c2cnn(-c3ccc(C)cc3C)c2C2CCN(C(=O)OC(C)(C)C)CC2)cc1. The molecule has 0 unspecified atom stereocenters. The molecule has 4 rings (SSSR count). The van der Waals surface area contributed by atoms with Gasteiger partial charge in [0, 0.05) is 24.7 Å². The van der Waals surface area contributed by atoms with Crippen LogP contribution in [-0.4, -0.2) is 45.4 Å². The van der Waals surface area contributed by atoms with Gasteiger partial charge in [-0.05, 0) is 83.2 Å². The van der Waals surface area contributed by atoms with Gasteiger partial charge in [-0.3, -0.25) is 4.79 Å². The standard InChI is InChI=1S/C30H38N4O3/c1-7-22-9-11-24(12-10-22)32-28(35)25-19-31-34(26-13-8-20(2)18-21(26)3)27(25)23-14-16-33(17-15-23)29(36)37-30(4,5)6/h8-13,18-19,23H,7,14-17H2,1-6H3,(H,32,35). The van der Waals surface area contributed by atoms with E-state index in [0.717, 1.165) is 41.9 Å². The second-order valence-corrected chi connectivity index (χ2v) is 10.9. The van der Waals surface area contributed by atoms with Gasteiger partial charge in [-0.25, -0.2) is 9.48 Å². The molecule has 1 fully saturated rings. The van der Waals surface area contributed by atoms with Crippen LogP contribution in [0.3, 0.4) is 0 Å². The lowest BCUT2D eigenvalue weighted by molar-refractivity contribution is 0.0203. The number of likely N-dealkylation sites (tertiary alicyclic amines) is 1. The van der Waals surface area contributed by atoms with Gasteiger partial charge in [0.1, 0.15) is 5.60 Å². The number of nitrogens with zero attached hydrogens (tertiary/aromatic N) is 3. The highest BCUT2D eigenvalue weighted by atomic mass is 16.6. The Labute approximate surface area is 219 Å². The number of piperidine rings is 1. The first-order valence-corrected chi connectivity index (χ1v) is 13.1. The van der Waals surface area contributed by atoms with Crippen molar-refractivity contribution in [1.29, 1.82) is 0 Å². The molecule has 7 nitrogen and oxygen atoms in total. The molecule has 0 bridgehead atoms. The zero-order valence-electron chi connectivity index (χ0n) is 22.8. The molecule has 196 valence electrons. The Morgan fingerprint density at radius 2 is 1.73 bits per heavy atom. The van der Waals surface area contributed by atoms with Crippen LogP contribution in [-0.2, 0) is 11.2 Å². The van der Waals surface area contributed by atoms with Crippen molar-refractivity contribution in [2.45, 2.75) is 72.3 Å². The lowest BCUT2D eigenvalue weighted by atomic mass is 9.90. The quantitative estimate of drug-likeness (QED) is 0.437. The number of hydrogen-bond acceptors (Lipinski definition) is 4. The molecule has 1 saturated heterocycles. The molecule has 7 heteroatoms. The van der Waals surface area contributed by atoms with Gasteiger partial charge in [-0.1, -0.05) is 36.8 Å². The zero-order valence-corrected chi connectivity index (χ0v) is 22.8. The monoisotopic (exact) mass is 502 g/mol. The fraction of sp³-hybridized carbons (Fsp3) is 0.433. The third-order valence-electron chi connectivity index (χ3n) is 6.78. The smallest absolute Gasteiger partial charge is 0.410 e. The Morgan fingerprint density at radius 1 is 1.05 bits per heavy atom. The number of rotatable bonds is 5. The molecule has 0 spiro atoms. The summed E-state index contributed by atoms with van der Waals surface area (Å²) in [5.41, 5.74) is 6.13. The van der Waals surface area contributed by atoms with Crippen LogP contribution in [0.1, 0.15) is 79.2 Å². The van der Waals surface area contributed by atoms with E-state index in [4.69, 9.17) is 9.84 Å². The molecule has 3 aromatic rings. The van der Waals surface area contributed by atoms with Crippen LogP contribution in [0.4, 0.5) is 10.5 Å². The number of benzene rings is 2. The Bertz CT molecular complexity index is 1260. The maximum absolute atomic E-state index is 13.5. The third-order valence-corrected chi connectivity index (χ3v) is 6.78. The molecule has 2 aromatic carbocycles. The van der Waals surface area contributed by atoms with Gasteiger partial charge in [-0.15, -0.1) is 0 Å². The summed E-state index contributed by atoms with van der Waals surface area (Å²) in [5.74, 6) is -0.102. The van der Waals surface area contributed by atoms with Crippen molar-refractivity contribution in [2.75, 3.05) is 18.4 Å². The minimum atomic E-state index is -0.532. The van der Waals surface area contributed by atoms with Crippen molar-refractivity contribution >= 4 is 17.7 Å². The normalized spacial score (nSPS) is 14.5. The van der Waals surface area contributed by atoms with E-state index in [1.54, 1.807) is 11.1 Å². The van der Waals surface area contributed by atoms with Crippen molar-refractivity contribution in [3.8, 4) is 5.69 Å². The lowest BCUT2D eigenvalue weighted by Crippen LogP contribution is -2.41. The number of nitrogens with one attached hydrogen (secondary N) is 1. The van der Waals surface area contributed by atoms with Crippen LogP contribution >= 0.6 is 0 Å². The zero-order chi connectivity index (χ0) is 26.7. The van der Waals surface area contributed by atoms with Crippen molar-refractivity contribution in [3.63, 3.8) is 0 Å². The summed E-state index contributed by atoms with van der Waals surface area (Å²) < 4.78 is 7.49. The molecule has 37 heavy (non-hydrogen) atoms. The van der Waals surface area contributed by atoms with Crippen LogP contribution in [0.15, 0.2) is 48.7 Å². The van der Waals surface area contributed by atoms with Crippen LogP contribution in [0.25, 0.3) is 5.69 Å². The first-order chi connectivity index (χ1) is 17.6. The molecule has 1 N–H and O–H groups in total. The molecule has 0 atom stereocenters. The Balaban J connectivity index is 1.63. The van der Waals surface area contributed by atoms with Crippen LogP contribution in [0, 0.1) is 13.8 Å². The molecule has 1 aliphatic rings. The molecule has 2 amide bonds. The van der Waals surface area contributed by atoms with Gasteiger partial charge in [0.2, 0.25) is 0 Å². The molecule has 0 saturated carbocycles. The average molecular weight is 503 g/mol. The third kappa shape index (κ3) is 6.21. The van der Waals surface area contributed by atoms with Gasteiger partial charge in [0.05, 0.1) is 23.1 Å². The van der Waals surface area contributed by atoms with E-state index in [0.29, 0.717) is 18.7 Å². The van der Waals surface area contributed by atoms with E-state index >= 15 is 0 Å². The van der Waals surface area contributed by atoms with Gasteiger partial charge >= 0.3 is 6.09 Å². The number of aromatic nitrogens is 2. The average Bonchev–Trinajstić information content (AvgIpc) is 3.28. The molecule has 0 radical (unpaired) electrons. The van der Waals surface area contributed by atoms with Gasteiger partial charge in [0.25, 0.3) is 5.91 Å². The van der Waals surface area contributed by atoms with Crippen LogP contribution in [0.5, 0.6) is 0 Å². The van der Waals surface area contributed by atoms with Gasteiger partial charge in [-0.2, -0.15) is 5.10 Å². The number of hydrogen-bond donors (Lipinski definition) is 1. The summed E-state index contributed by atoms with van der Waals surface area (Å²) in [6, 6.07) is 14.2. The highest BCUT2D eigenvalue weighted by Gasteiger charge is 2.32. The van der Waals surface area contributed by atoms with Crippen molar-refractivity contribution < 1.29 is 14.3 Å². The second kappa shape index (κ2) is 10.8. The molecular weight excluding hydrogens is 464 g/mol. The second-order valence-electron chi connectivity index (χ2n) is 10.9. The number of carbonyl (C=O) groups excluding carboxylic acids is 2. The highest BCUT2D eigenvalue weighted by Crippen LogP contribution is 2.34. The summed E-state index contributed by atoms with van der Waals surface area (Å²) >= 11 is 0. The molecular formula is C30H38N4O3. The summed E-state index contributed by atoms with van der Waals surface area (Å²) in [4.78, 5) is 27.9. The minimum absolute atomic E-state index is 0.0742. The highest BCUT2D eigenvalue weighted by molar-refractivity contribution is 6.05. The molecule has 1 aliphatic heterocycles. The van der Waals surface area contributed by atoms with Crippen molar-refractivity contribution in [3.05, 3.63) is 76.6 Å². The Morgan fingerprint density at radius 3 is 2.32 bits per heavy atom. The van der Waals surface area contributed by atoms with Gasteiger partial charge < -0.3 is 15.0 Å². The predicted octanol–water partition coefficient (Wildman–Crippen LogP) is 6.42. The predicted molar refractivity (Wildman–Crippen MR) is 147 cm³/mol. The topological polar surface area (TPSA) is 76.5 Å². The molecule has 0 aliphatic carbocycles. The summed E-state index contributed by atoms with van der Waals surface area (Å²) in [5, 5.41) is 7.75. The molecule has 2 heterocycles. The number of carbonyl (C=O) groups is 2. The lowest BCUT2D eigenvalue weighted by Gasteiger charge is -2.34. The first kappa shape index (κ1) is 26.5. The number of amides is 2. The fourth-order valence-corrected chi connectivity index (χ4v) is 4.84. The summed E-state index contributed by atoms with van der Waals surface area (Å²) in [6.45, 7) is 13.0. The number of aryl methyl sites for hydroxylation is 3. The fourth-order valence-electron chi connectivity index (χ4n) is 4.84. The molecule has 1 aromatic heterocycles. The maximum Gasteiger partial charge on any atom is 0.410 e. The Kier molecular flexibility index (Phi) is 7.71. The van der Waals surface area contributed by atoms with E-state index < -0.39 is 5.60 Å². The van der Waals surface area contributed by atoms with Gasteiger partial charge in [0.15, 0.2) is 0 Å². The van der Waals surface area contributed by atoms with Crippen molar-refractivity contribution in [2.24, 2.45) is 0 Å². The Hall–Kier alpha value is -3.61. The maximum atomic E-state index is 13.5. The van der Waals surface area contributed by atoms with Crippen LogP contribution in [0.2, 0.25) is 0 Å². The number of anilines is 1. The minimum Gasteiger partial charge on any atom is -0.444 e. The van der Waals surface area contributed by atoms with E-state index in [1.165, 1.54) is 11.1 Å². The van der Waals surface area contributed by atoms with E-state index in [-0.39, 0.29) is 17.9 Å². The van der Waals surface area contributed by atoms with Crippen LogP contribution < -0.4 is 5.32 Å². The van der Waals surface area contributed by atoms with E-state index in [9.17, 15) is 9.59 Å². The van der Waals surface area contributed by atoms with E-state index in [1.807, 2.05) is 49.7 Å². The first-order valence-electron chi connectivity index (χ1n) is 13.1. The summed E-state index contributed by atoms with van der Waals surface area (Å²) in [7, 11) is 0.